The topological polar surface area (TPSA) is 61.0 Å². The molecule has 0 saturated carbocycles. The number of benzene rings is 4. The van der Waals surface area contributed by atoms with Gasteiger partial charge in [0.15, 0.2) is 0 Å². The highest BCUT2D eigenvalue weighted by atomic mass is 79.9. The van der Waals surface area contributed by atoms with E-state index in [1.807, 2.05) is 91.0 Å². The number of aromatic nitrogens is 2. The number of nitrogens with zero attached hydrogens (tertiary/aromatic N) is 3. The Morgan fingerprint density at radius 3 is 1.70 bits per heavy atom. The third kappa shape index (κ3) is 3.32. The molecule has 4 aromatic carbocycles. The van der Waals surface area contributed by atoms with Gasteiger partial charge in [-0.15, -0.1) is 0 Å². The molecule has 162 valence electrons. The molecule has 0 aliphatic heterocycles. The van der Waals surface area contributed by atoms with E-state index in [2.05, 4.69) is 15.9 Å². The van der Waals surface area contributed by atoms with E-state index in [4.69, 9.17) is 5.10 Å². The van der Waals surface area contributed by atoms with Crippen molar-refractivity contribution in [2.24, 2.45) is 0 Å². The first-order chi connectivity index (χ1) is 16.0. The zero-order valence-corrected chi connectivity index (χ0v) is 18.8. The van der Waals surface area contributed by atoms with Gasteiger partial charge in [0, 0.05) is 17.5 Å². The van der Waals surface area contributed by atoms with Gasteiger partial charge in [-0.05, 0) is 32.6 Å². The second kappa shape index (κ2) is 8.26. The molecule has 1 aromatic heterocycles. The van der Waals surface area contributed by atoms with Crippen LogP contribution in [0.5, 0.6) is 0 Å². The molecule has 0 aliphatic carbocycles. The van der Waals surface area contributed by atoms with Gasteiger partial charge in [0.25, 0.3) is 0 Å². The fraction of sp³-hybridized carbons (Fsp3) is 0.0385. The van der Waals surface area contributed by atoms with Crippen molar-refractivity contribution in [3.63, 3.8) is 0 Å². The molecule has 5 nitrogen and oxygen atoms in total. The van der Waals surface area contributed by atoms with Crippen molar-refractivity contribution < 1.29 is 9.31 Å². The van der Waals surface area contributed by atoms with Crippen molar-refractivity contribution in [2.75, 3.05) is 0 Å². The highest BCUT2D eigenvalue weighted by Crippen LogP contribution is 2.44. The van der Waals surface area contributed by atoms with Gasteiger partial charge < -0.3 is 0 Å². The van der Waals surface area contributed by atoms with Crippen molar-refractivity contribution in [3.05, 3.63) is 140 Å². The molecule has 0 radical (unpaired) electrons. The molecule has 5 rings (SSSR count). The third-order valence-electron chi connectivity index (χ3n) is 5.79. The molecule has 1 heterocycles. The number of nitro groups is 1. The summed E-state index contributed by atoms with van der Waals surface area (Å²) in [5.41, 5.74) is 1.62. The standard InChI is InChI=1S/C26H17BrFN3O2/c27-25-21-16-24(31(32)33)22(28)17-23(21)30(29-25)26(18-10-4-1-5-11-18,19-12-6-2-7-13-19)20-14-8-3-9-15-20/h1-17H. The summed E-state index contributed by atoms with van der Waals surface area (Å²) < 4.78 is 17.0. The van der Waals surface area contributed by atoms with Crippen molar-refractivity contribution in [3.8, 4) is 0 Å². The Labute approximate surface area is 197 Å². The molecule has 0 saturated heterocycles. The summed E-state index contributed by atoms with van der Waals surface area (Å²) in [7, 11) is 0. The number of hydrogen-bond donors (Lipinski definition) is 0. The zero-order valence-electron chi connectivity index (χ0n) is 17.2. The van der Waals surface area contributed by atoms with Crippen molar-refractivity contribution in [1.29, 1.82) is 0 Å². The molecular formula is C26H17BrFN3O2. The van der Waals surface area contributed by atoms with Crippen LogP contribution in [-0.4, -0.2) is 14.7 Å². The van der Waals surface area contributed by atoms with Crippen LogP contribution < -0.4 is 0 Å². The molecule has 0 fully saturated rings. The molecule has 0 spiro atoms. The normalized spacial score (nSPS) is 11.6. The summed E-state index contributed by atoms with van der Waals surface area (Å²) in [6.45, 7) is 0. The number of fused-ring (bicyclic) bond motifs is 1. The monoisotopic (exact) mass is 501 g/mol. The lowest BCUT2D eigenvalue weighted by Gasteiger charge is -2.37. The van der Waals surface area contributed by atoms with Crippen molar-refractivity contribution in [2.45, 2.75) is 5.54 Å². The Bertz CT molecular complexity index is 1360. The van der Waals surface area contributed by atoms with Crippen molar-refractivity contribution in [1.82, 2.24) is 9.78 Å². The van der Waals surface area contributed by atoms with Crippen molar-refractivity contribution >= 4 is 32.5 Å². The number of halogens is 2. The van der Waals surface area contributed by atoms with Crippen LogP contribution >= 0.6 is 15.9 Å². The number of rotatable bonds is 5. The van der Waals surface area contributed by atoms with Crippen LogP contribution in [0.15, 0.2) is 108 Å². The molecule has 0 amide bonds. The Morgan fingerprint density at radius 1 is 0.818 bits per heavy atom. The average Bonchev–Trinajstić information content (AvgIpc) is 3.16. The summed E-state index contributed by atoms with van der Waals surface area (Å²) in [5.74, 6) is -0.913. The van der Waals surface area contributed by atoms with Crippen LogP contribution in [-0.2, 0) is 5.54 Å². The summed E-state index contributed by atoms with van der Waals surface area (Å²) in [4.78, 5) is 10.6. The van der Waals surface area contributed by atoms with Crippen LogP contribution in [0.25, 0.3) is 10.9 Å². The molecule has 0 bridgehead atoms. The van der Waals surface area contributed by atoms with E-state index in [0.29, 0.717) is 15.5 Å². The van der Waals surface area contributed by atoms with E-state index < -0.39 is 22.0 Å². The quantitative estimate of drug-likeness (QED) is 0.153. The lowest BCUT2D eigenvalue weighted by Crippen LogP contribution is -2.38. The van der Waals surface area contributed by atoms with E-state index in [0.717, 1.165) is 16.7 Å². The number of hydrogen-bond acceptors (Lipinski definition) is 3. The maximum atomic E-state index is 14.9. The summed E-state index contributed by atoms with van der Waals surface area (Å²) in [6, 6.07) is 31.9. The molecule has 33 heavy (non-hydrogen) atoms. The highest BCUT2D eigenvalue weighted by Gasteiger charge is 2.41. The first-order valence-electron chi connectivity index (χ1n) is 10.2. The second-order valence-electron chi connectivity index (χ2n) is 7.59. The molecule has 0 N–H and O–H groups in total. The fourth-order valence-electron chi connectivity index (χ4n) is 4.39. The Kier molecular flexibility index (Phi) is 5.26. The first-order valence-corrected chi connectivity index (χ1v) is 11.0. The molecule has 5 aromatic rings. The highest BCUT2D eigenvalue weighted by molar-refractivity contribution is 9.10. The van der Waals surface area contributed by atoms with Gasteiger partial charge in [-0.1, -0.05) is 91.0 Å². The third-order valence-corrected chi connectivity index (χ3v) is 6.38. The SMILES string of the molecule is O=[N+]([O-])c1cc2c(Br)nn(C(c3ccccc3)(c3ccccc3)c3ccccc3)c2cc1F. The molecule has 0 unspecified atom stereocenters. The minimum Gasteiger partial charge on any atom is -0.258 e. The second-order valence-corrected chi connectivity index (χ2v) is 8.34. The van der Waals surface area contributed by atoms with E-state index in [-0.39, 0.29) is 0 Å². The lowest BCUT2D eigenvalue weighted by atomic mass is 9.77. The van der Waals surface area contributed by atoms with Gasteiger partial charge in [0.05, 0.1) is 10.4 Å². The van der Waals surface area contributed by atoms with Gasteiger partial charge in [0.2, 0.25) is 5.82 Å². The van der Waals surface area contributed by atoms with Crippen LogP contribution in [0, 0.1) is 15.9 Å². The lowest BCUT2D eigenvalue weighted by molar-refractivity contribution is -0.387. The van der Waals surface area contributed by atoms with Gasteiger partial charge in [-0.25, -0.2) is 4.68 Å². The predicted molar refractivity (Wildman–Crippen MR) is 129 cm³/mol. The van der Waals surface area contributed by atoms with Gasteiger partial charge >= 0.3 is 5.69 Å². The maximum absolute atomic E-state index is 14.9. The number of nitro benzene ring substituents is 1. The molecule has 7 heteroatoms. The fourth-order valence-corrected chi connectivity index (χ4v) is 4.86. The zero-order chi connectivity index (χ0) is 23.0. The van der Waals surface area contributed by atoms with Crippen LogP contribution in [0.4, 0.5) is 10.1 Å². The Hall–Kier alpha value is -3.84. The van der Waals surface area contributed by atoms with Gasteiger partial charge in [-0.2, -0.15) is 9.49 Å². The Balaban J connectivity index is 1.97. The first kappa shape index (κ1) is 21.0. The van der Waals surface area contributed by atoms with E-state index in [1.54, 1.807) is 4.68 Å². The average molecular weight is 502 g/mol. The predicted octanol–water partition coefficient (Wildman–Crippen LogP) is 6.69. The van der Waals surface area contributed by atoms with Crippen LogP contribution in [0.2, 0.25) is 0 Å². The van der Waals surface area contributed by atoms with E-state index in [9.17, 15) is 14.5 Å². The molecule has 0 aliphatic rings. The maximum Gasteiger partial charge on any atom is 0.305 e. The Morgan fingerprint density at radius 2 is 1.27 bits per heavy atom. The minimum atomic E-state index is -0.962. The van der Waals surface area contributed by atoms with E-state index in [1.165, 1.54) is 12.1 Å². The van der Waals surface area contributed by atoms with E-state index >= 15 is 0 Å². The molecular weight excluding hydrogens is 485 g/mol. The summed E-state index contributed by atoms with van der Waals surface area (Å²) in [6.07, 6.45) is 0. The van der Waals surface area contributed by atoms with Crippen LogP contribution in [0.3, 0.4) is 0 Å². The van der Waals surface area contributed by atoms with Crippen LogP contribution in [0.1, 0.15) is 16.7 Å². The largest absolute Gasteiger partial charge is 0.305 e. The van der Waals surface area contributed by atoms with Gasteiger partial charge in [0.1, 0.15) is 10.1 Å². The van der Waals surface area contributed by atoms with Gasteiger partial charge in [-0.3, -0.25) is 10.1 Å². The minimum absolute atomic E-state index is 0.396. The smallest absolute Gasteiger partial charge is 0.258 e. The summed E-state index contributed by atoms with van der Waals surface area (Å²) >= 11 is 3.46. The summed E-state index contributed by atoms with van der Waals surface area (Å²) in [5, 5.41) is 16.6. The molecule has 0 atom stereocenters.